The van der Waals surface area contributed by atoms with E-state index >= 15 is 0 Å². The van der Waals surface area contributed by atoms with Crippen LogP contribution in [-0.2, 0) is 0 Å². The van der Waals surface area contributed by atoms with Gasteiger partial charge in [0.1, 0.15) is 11.4 Å². The number of nitrogens with zero attached hydrogens (tertiary/aromatic N) is 2. The van der Waals surface area contributed by atoms with E-state index in [2.05, 4.69) is 4.98 Å². The number of aromatic nitrogens is 1. The van der Waals surface area contributed by atoms with Crippen LogP contribution in [0, 0.1) is 0 Å². The highest BCUT2D eigenvalue weighted by Gasteiger charge is 2.46. The summed E-state index contributed by atoms with van der Waals surface area (Å²) < 4.78 is 67.4. The van der Waals surface area contributed by atoms with E-state index < -0.39 is 37.7 Å². The predicted octanol–water partition coefficient (Wildman–Crippen LogP) is 2.99. The van der Waals surface area contributed by atoms with Crippen LogP contribution in [0.4, 0.5) is 22.0 Å². The van der Waals surface area contributed by atoms with Crippen molar-refractivity contribution in [1.82, 2.24) is 9.88 Å². The van der Waals surface area contributed by atoms with Gasteiger partial charge in [-0.25, -0.2) is 8.78 Å². The van der Waals surface area contributed by atoms with Crippen molar-refractivity contribution >= 4 is 5.91 Å². The molecule has 1 aliphatic heterocycles. The van der Waals surface area contributed by atoms with Crippen LogP contribution < -0.4 is 4.74 Å². The van der Waals surface area contributed by atoms with Gasteiger partial charge in [0.25, 0.3) is 11.8 Å². The maximum Gasteiger partial charge on any atom is 0.422 e. The Morgan fingerprint density at radius 1 is 1.35 bits per heavy atom. The van der Waals surface area contributed by atoms with Crippen LogP contribution in [0.25, 0.3) is 0 Å². The molecule has 1 aliphatic carbocycles. The first-order chi connectivity index (χ1) is 10.6. The predicted molar refractivity (Wildman–Crippen MR) is 68.6 cm³/mol. The minimum atomic E-state index is -4.51. The highest BCUT2D eigenvalue weighted by molar-refractivity contribution is 5.93. The molecule has 0 unspecified atom stereocenters. The van der Waals surface area contributed by atoms with Crippen molar-refractivity contribution in [3.05, 3.63) is 23.5 Å². The van der Waals surface area contributed by atoms with Gasteiger partial charge >= 0.3 is 6.18 Å². The largest absolute Gasteiger partial charge is 0.484 e. The first-order valence-corrected chi connectivity index (χ1v) is 7.01. The second kappa shape index (κ2) is 5.31. The number of likely N-dealkylation sites (tertiary alicyclic amines) is 1. The Hall–Kier alpha value is -1.93. The Morgan fingerprint density at radius 3 is 2.52 bits per heavy atom. The van der Waals surface area contributed by atoms with Crippen LogP contribution in [0.3, 0.4) is 0 Å². The minimum absolute atomic E-state index is 0.0598. The van der Waals surface area contributed by atoms with Crippen molar-refractivity contribution in [2.45, 2.75) is 30.9 Å². The molecule has 0 radical (unpaired) electrons. The normalized spacial score (nSPS) is 20.1. The van der Waals surface area contributed by atoms with E-state index in [0.717, 1.165) is 23.8 Å². The third-order valence-electron chi connectivity index (χ3n) is 3.65. The lowest BCUT2D eigenvalue weighted by Gasteiger charge is -2.38. The summed E-state index contributed by atoms with van der Waals surface area (Å²) in [5.41, 5.74) is 0.321. The van der Waals surface area contributed by atoms with Gasteiger partial charge in [-0.3, -0.25) is 9.78 Å². The number of carbonyl (C=O) groups excluding carboxylic acids is 1. The van der Waals surface area contributed by atoms with Crippen molar-refractivity contribution in [3.8, 4) is 5.75 Å². The van der Waals surface area contributed by atoms with Crippen molar-refractivity contribution in [2.75, 3.05) is 19.7 Å². The van der Waals surface area contributed by atoms with Gasteiger partial charge in [0.2, 0.25) is 0 Å². The molecule has 3 rings (SSSR count). The lowest BCUT2D eigenvalue weighted by molar-refractivity contribution is -0.153. The molecule has 2 fully saturated rings. The molecular formula is C14H13F5N2O2. The highest BCUT2D eigenvalue weighted by Crippen LogP contribution is 2.44. The van der Waals surface area contributed by atoms with E-state index in [1.165, 1.54) is 6.20 Å². The Morgan fingerprint density at radius 2 is 2.00 bits per heavy atom. The number of hydrogen-bond donors (Lipinski definition) is 0. The topological polar surface area (TPSA) is 42.4 Å². The molecule has 4 nitrogen and oxygen atoms in total. The smallest absolute Gasteiger partial charge is 0.422 e. The third-order valence-corrected chi connectivity index (χ3v) is 3.65. The molecule has 2 heterocycles. The Kier molecular flexibility index (Phi) is 3.68. The summed E-state index contributed by atoms with van der Waals surface area (Å²) in [4.78, 5) is 16.8. The lowest BCUT2D eigenvalue weighted by Crippen LogP contribution is -2.58. The highest BCUT2D eigenvalue weighted by atomic mass is 19.4. The average molecular weight is 336 g/mol. The van der Waals surface area contributed by atoms with E-state index in [-0.39, 0.29) is 17.4 Å². The van der Waals surface area contributed by atoms with Gasteiger partial charge in [-0.2, -0.15) is 13.2 Å². The van der Waals surface area contributed by atoms with Crippen LogP contribution in [-0.4, -0.2) is 47.6 Å². The summed E-state index contributed by atoms with van der Waals surface area (Å²) in [5, 5.41) is 0. The van der Waals surface area contributed by atoms with E-state index in [1.54, 1.807) is 0 Å². The van der Waals surface area contributed by atoms with Crippen LogP contribution in [0.5, 0.6) is 5.75 Å². The average Bonchev–Trinajstić information content (AvgIpc) is 3.25. The summed E-state index contributed by atoms with van der Waals surface area (Å²) in [6.07, 6.45) is -1.58. The molecule has 0 bridgehead atoms. The van der Waals surface area contributed by atoms with Crippen molar-refractivity contribution in [3.63, 3.8) is 0 Å². The Bertz CT molecular complexity index is 620. The maximum atomic E-state index is 12.8. The number of carbonyl (C=O) groups is 1. The second-order valence-corrected chi connectivity index (χ2v) is 5.80. The molecule has 2 aliphatic rings. The fourth-order valence-electron chi connectivity index (χ4n) is 2.37. The number of halogens is 5. The number of ether oxygens (including phenoxy) is 1. The molecule has 1 aromatic heterocycles. The number of rotatable bonds is 4. The molecule has 1 saturated carbocycles. The zero-order chi connectivity index (χ0) is 16.8. The SMILES string of the molecule is O=C(c1cc(OCC(F)(F)F)c(C2CC2)cn1)N1CC(F)(F)C1. The van der Waals surface area contributed by atoms with Crippen molar-refractivity contribution in [1.29, 1.82) is 0 Å². The molecule has 0 spiro atoms. The number of amides is 1. The molecule has 126 valence electrons. The van der Waals surface area contributed by atoms with Crippen LogP contribution >= 0.6 is 0 Å². The second-order valence-electron chi connectivity index (χ2n) is 5.80. The standard InChI is InChI=1S/C14H13F5N2O2/c15-13(16)5-21(6-13)12(22)10-3-11(23-7-14(17,18)19)9(4-20-10)8-1-2-8/h3-4,8H,1-2,5-7H2. The quantitative estimate of drug-likeness (QED) is 0.794. The Labute approximate surface area is 128 Å². The van der Waals surface area contributed by atoms with Crippen LogP contribution in [0.2, 0.25) is 0 Å². The molecule has 0 N–H and O–H groups in total. The number of pyridine rings is 1. The first kappa shape index (κ1) is 15.9. The van der Waals surface area contributed by atoms with Crippen molar-refractivity contribution < 1.29 is 31.5 Å². The van der Waals surface area contributed by atoms with E-state index in [4.69, 9.17) is 4.74 Å². The Balaban J connectivity index is 1.78. The molecule has 1 saturated heterocycles. The van der Waals surface area contributed by atoms with E-state index in [9.17, 15) is 26.7 Å². The third kappa shape index (κ3) is 3.70. The van der Waals surface area contributed by atoms with Crippen LogP contribution in [0.1, 0.15) is 34.8 Å². The monoisotopic (exact) mass is 336 g/mol. The molecule has 1 amide bonds. The zero-order valence-electron chi connectivity index (χ0n) is 11.9. The van der Waals surface area contributed by atoms with Gasteiger partial charge in [0.05, 0.1) is 13.1 Å². The molecule has 9 heteroatoms. The van der Waals surface area contributed by atoms with E-state index in [0.29, 0.717) is 5.56 Å². The summed E-state index contributed by atoms with van der Waals surface area (Å²) in [6.45, 7) is -2.90. The lowest BCUT2D eigenvalue weighted by atomic mass is 10.1. The summed E-state index contributed by atoms with van der Waals surface area (Å²) >= 11 is 0. The fourth-order valence-corrected chi connectivity index (χ4v) is 2.37. The van der Waals surface area contributed by atoms with Crippen LogP contribution in [0.15, 0.2) is 12.3 Å². The molecule has 0 atom stereocenters. The van der Waals surface area contributed by atoms with Gasteiger partial charge in [-0.05, 0) is 18.8 Å². The zero-order valence-corrected chi connectivity index (χ0v) is 11.9. The minimum Gasteiger partial charge on any atom is -0.484 e. The van der Waals surface area contributed by atoms with Gasteiger partial charge in [-0.15, -0.1) is 0 Å². The molecule has 1 aromatic rings. The summed E-state index contributed by atoms with van der Waals surface area (Å²) in [5.74, 6) is -3.65. The number of alkyl halides is 5. The molecule has 0 aromatic carbocycles. The molecule has 23 heavy (non-hydrogen) atoms. The maximum absolute atomic E-state index is 12.8. The van der Waals surface area contributed by atoms with Gasteiger partial charge in [0.15, 0.2) is 6.61 Å². The first-order valence-electron chi connectivity index (χ1n) is 7.01. The van der Waals surface area contributed by atoms with Crippen molar-refractivity contribution in [2.24, 2.45) is 0 Å². The van der Waals surface area contributed by atoms with Gasteiger partial charge < -0.3 is 9.64 Å². The summed E-state index contributed by atoms with van der Waals surface area (Å²) in [6, 6.07) is 1.11. The van der Waals surface area contributed by atoms with E-state index in [1.807, 2.05) is 0 Å². The van der Waals surface area contributed by atoms with Gasteiger partial charge in [0, 0.05) is 17.8 Å². The molecular weight excluding hydrogens is 323 g/mol. The number of hydrogen-bond acceptors (Lipinski definition) is 3. The summed E-state index contributed by atoms with van der Waals surface area (Å²) in [7, 11) is 0. The fraction of sp³-hybridized carbons (Fsp3) is 0.571. The van der Waals surface area contributed by atoms with Gasteiger partial charge in [-0.1, -0.05) is 0 Å².